The molecule has 0 unspecified atom stereocenters. The molecule has 0 aromatic heterocycles. The van der Waals surface area contributed by atoms with Crippen molar-refractivity contribution in [2.75, 3.05) is 24.9 Å². The summed E-state index contributed by atoms with van der Waals surface area (Å²) in [6.07, 6.45) is 0. The highest BCUT2D eigenvalue weighted by atomic mass is 32.2. The first-order valence-electron chi connectivity index (χ1n) is 9.96. The fourth-order valence-corrected chi connectivity index (χ4v) is 4.99. The van der Waals surface area contributed by atoms with Crippen LogP contribution in [0, 0.1) is 5.92 Å². The van der Waals surface area contributed by atoms with Crippen LogP contribution in [0.1, 0.15) is 22.0 Å². The number of esters is 1. The highest BCUT2D eigenvalue weighted by Gasteiger charge is 2.48. The number of amides is 1. The molecule has 0 aliphatic carbocycles. The van der Waals surface area contributed by atoms with Gasteiger partial charge in [-0.05, 0) is 42.0 Å². The first-order chi connectivity index (χ1) is 15.1. The molecule has 1 amide bonds. The van der Waals surface area contributed by atoms with Crippen molar-refractivity contribution in [2.45, 2.75) is 10.9 Å². The van der Waals surface area contributed by atoms with Gasteiger partial charge in [-0.15, -0.1) is 11.8 Å². The first-order valence-corrected chi connectivity index (χ1v) is 10.9. The van der Waals surface area contributed by atoms with Crippen molar-refractivity contribution in [3.05, 3.63) is 90.0 Å². The molecule has 5 nitrogen and oxygen atoms in total. The Labute approximate surface area is 186 Å². The molecule has 4 rings (SSSR count). The Morgan fingerprint density at radius 1 is 0.935 bits per heavy atom. The highest BCUT2D eigenvalue weighted by Crippen LogP contribution is 2.46. The van der Waals surface area contributed by atoms with Gasteiger partial charge in [-0.3, -0.25) is 4.79 Å². The van der Waals surface area contributed by atoms with Gasteiger partial charge in [-0.1, -0.05) is 42.5 Å². The molecule has 0 N–H and O–H groups in total. The summed E-state index contributed by atoms with van der Waals surface area (Å²) in [5, 5.41) is 0. The quantitative estimate of drug-likeness (QED) is 0.299. The number of anilines is 1. The van der Waals surface area contributed by atoms with Crippen LogP contribution < -0.4 is 9.64 Å². The van der Waals surface area contributed by atoms with Gasteiger partial charge in [0.2, 0.25) is 5.91 Å². The molecule has 1 saturated heterocycles. The number of β-lactam (4-membered cyclic amide) rings is 1. The summed E-state index contributed by atoms with van der Waals surface area (Å²) in [4.78, 5) is 27.9. The van der Waals surface area contributed by atoms with Gasteiger partial charge in [-0.25, -0.2) is 4.79 Å². The number of hydrogen-bond donors (Lipinski definition) is 0. The summed E-state index contributed by atoms with van der Waals surface area (Å²) in [5.41, 5.74) is 2.45. The lowest BCUT2D eigenvalue weighted by atomic mass is 9.83. The fourth-order valence-electron chi connectivity index (χ4n) is 3.82. The zero-order valence-electron chi connectivity index (χ0n) is 17.4. The number of rotatable bonds is 7. The Bertz CT molecular complexity index is 1070. The number of thioether (sulfide) groups is 1. The van der Waals surface area contributed by atoms with Crippen molar-refractivity contribution >= 4 is 29.3 Å². The fraction of sp³-hybridized carbons (Fsp3) is 0.200. The molecule has 1 aliphatic heterocycles. The summed E-state index contributed by atoms with van der Waals surface area (Å²) in [7, 11) is 2.99. The molecule has 31 heavy (non-hydrogen) atoms. The largest absolute Gasteiger partial charge is 0.497 e. The van der Waals surface area contributed by atoms with Crippen LogP contribution in [0.25, 0.3) is 0 Å². The lowest BCUT2D eigenvalue weighted by molar-refractivity contribution is -0.129. The maximum atomic E-state index is 13.2. The molecule has 3 aromatic carbocycles. The molecule has 1 heterocycles. The van der Waals surface area contributed by atoms with Crippen molar-refractivity contribution < 1.29 is 19.1 Å². The second-order valence-electron chi connectivity index (χ2n) is 7.17. The van der Waals surface area contributed by atoms with E-state index in [1.807, 2.05) is 77.7 Å². The van der Waals surface area contributed by atoms with Crippen molar-refractivity contribution in [1.29, 1.82) is 0 Å². The summed E-state index contributed by atoms with van der Waals surface area (Å²) >= 11 is 1.51. The van der Waals surface area contributed by atoms with Crippen LogP contribution >= 0.6 is 11.8 Å². The molecule has 3 aromatic rings. The van der Waals surface area contributed by atoms with E-state index < -0.39 is 0 Å². The third-order valence-electron chi connectivity index (χ3n) is 5.42. The lowest BCUT2D eigenvalue weighted by Crippen LogP contribution is -2.56. The Morgan fingerprint density at radius 2 is 1.61 bits per heavy atom. The molecule has 0 radical (unpaired) electrons. The van der Waals surface area contributed by atoms with Crippen LogP contribution in [-0.4, -0.2) is 31.8 Å². The molecule has 0 saturated carbocycles. The van der Waals surface area contributed by atoms with Gasteiger partial charge in [0.25, 0.3) is 0 Å². The van der Waals surface area contributed by atoms with E-state index in [4.69, 9.17) is 9.47 Å². The van der Waals surface area contributed by atoms with Crippen LogP contribution in [-0.2, 0) is 9.53 Å². The molecule has 0 bridgehead atoms. The van der Waals surface area contributed by atoms with E-state index >= 15 is 0 Å². The summed E-state index contributed by atoms with van der Waals surface area (Å²) in [6.45, 7) is 0. The minimum absolute atomic E-state index is 0.0696. The molecule has 1 aliphatic rings. The van der Waals surface area contributed by atoms with E-state index in [0.29, 0.717) is 11.3 Å². The average Bonchev–Trinajstić information content (AvgIpc) is 2.83. The standard InChI is InChI=1S/C25H23NO4S/c1-29-19-14-12-18(13-15-19)26-23(17-8-4-3-5-9-17)21(24(26)27)16-31-22-11-7-6-10-20(22)25(28)30-2/h3-15,21,23H,16H2,1-2H3/t21-,23+/m1/s1. The Kier molecular flexibility index (Phi) is 6.28. The third kappa shape index (κ3) is 4.16. The van der Waals surface area contributed by atoms with Gasteiger partial charge in [0.1, 0.15) is 5.75 Å². The topological polar surface area (TPSA) is 55.8 Å². The van der Waals surface area contributed by atoms with Crippen LogP contribution in [0.2, 0.25) is 0 Å². The first kappa shape index (κ1) is 21.0. The van der Waals surface area contributed by atoms with E-state index in [9.17, 15) is 9.59 Å². The zero-order chi connectivity index (χ0) is 21.8. The van der Waals surface area contributed by atoms with E-state index in [1.165, 1.54) is 18.9 Å². The van der Waals surface area contributed by atoms with Crippen molar-refractivity contribution in [2.24, 2.45) is 5.92 Å². The predicted octanol–water partition coefficient (Wildman–Crippen LogP) is 4.98. The Hall–Kier alpha value is -3.25. The number of methoxy groups -OCH3 is 2. The minimum atomic E-state index is -0.373. The van der Waals surface area contributed by atoms with E-state index in [0.717, 1.165) is 21.9 Å². The summed E-state index contributed by atoms with van der Waals surface area (Å²) < 4.78 is 10.1. The SMILES string of the molecule is COC(=O)c1ccccc1SC[C@H]1C(=O)N(c2ccc(OC)cc2)[C@H]1c1ccccc1. The molecule has 2 atom stereocenters. The van der Waals surface area contributed by atoms with Crippen LogP contribution in [0.5, 0.6) is 5.75 Å². The van der Waals surface area contributed by atoms with Gasteiger partial charge in [0, 0.05) is 16.3 Å². The molecule has 158 valence electrons. The number of ether oxygens (including phenoxy) is 2. The average molecular weight is 434 g/mol. The third-order valence-corrected chi connectivity index (χ3v) is 6.61. The normalized spacial score (nSPS) is 17.7. The Balaban J connectivity index is 1.59. The number of carbonyl (C=O) groups is 2. The maximum Gasteiger partial charge on any atom is 0.338 e. The maximum absolute atomic E-state index is 13.2. The number of hydrogen-bond acceptors (Lipinski definition) is 5. The van der Waals surface area contributed by atoms with Gasteiger partial charge in [-0.2, -0.15) is 0 Å². The van der Waals surface area contributed by atoms with Gasteiger partial charge < -0.3 is 14.4 Å². The van der Waals surface area contributed by atoms with Crippen molar-refractivity contribution in [3.63, 3.8) is 0 Å². The Morgan fingerprint density at radius 3 is 2.29 bits per heavy atom. The summed E-state index contributed by atoms with van der Waals surface area (Å²) in [6, 6.07) is 24.8. The second-order valence-corrected chi connectivity index (χ2v) is 8.23. The summed E-state index contributed by atoms with van der Waals surface area (Å²) in [5.74, 6) is 0.822. The minimum Gasteiger partial charge on any atom is -0.497 e. The van der Waals surface area contributed by atoms with E-state index in [1.54, 1.807) is 13.2 Å². The van der Waals surface area contributed by atoms with Crippen LogP contribution in [0.4, 0.5) is 5.69 Å². The second kappa shape index (κ2) is 9.27. The van der Waals surface area contributed by atoms with Crippen LogP contribution in [0.3, 0.4) is 0 Å². The van der Waals surface area contributed by atoms with Gasteiger partial charge in [0.15, 0.2) is 0 Å². The monoisotopic (exact) mass is 433 g/mol. The lowest BCUT2D eigenvalue weighted by Gasteiger charge is -2.47. The molecule has 6 heteroatoms. The molecule has 1 fully saturated rings. The molecular formula is C25H23NO4S. The van der Waals surface area contributed by atoms with Gasteiger partial charge >= 0.3 is 5.97 Å². The molecule has 0 spiro atoms. The number of nitrogens with zero attached hydrogens (tertiary/aromatic N) is 1. The predicted molar refractivity (Wildman–Crippen MR) is 122 cm³/mol. The smallest absolute Gasteiger partial charge is 0.338 e. The number of benzene rings is 3. The highest BCUT2D eigenvalue weighted by molar-refractivity contribution is 7.99. The number of carbonyl (C=O) groups excluding carboxylic acids is 2. The van der Waals surface area contributed by atoms with Gasteiger partial charge in [0.05, 0.1) is 31.7 Å². The zero-order valence-corrected chi connectivity index (χ0v) is 18.2. The van der Waals surface area contributed by atoms with Crippen molar-refractivity contribution in [3.8, 4) is 5.75 Å². The van der Waals surface area contributed by atoms with Crippen LogP contribution in [0.15, 0.2) is 83.8 Å². The van der Waals surface area contributed by atoms with E-state index in [2.05, 4.69) is 0 Å². The molecular weight excluding hydrogens is 410 g/mol. The van der Waals surface area contributed by atoms with Crippen molar-refractivity contribution in [1.82, 2.24) is 0 Å². The van der Waals surface area contributed by atoms with E-state index in [-0.39, 0.29) is 23.8 Å².